The Labute approximate surface area is 122 Å². The van der Waals surface area contributed by atoms with Crippen molar-refractivity contribution < 1.29 is 18.3 Å². The van der Waals surface area contributed by atoms with Gasteiger partial charge in [-0.2, -0.15) is 0 Å². The Kier molecular flexibility index (Phi) is 3.05. The molecule has 1 aromatic heterocycles. The molecule has 2 heterocycles. The maximum Gasteiger partial charge on any atom is 0.586 e. The highest BCUT2D eigenvalue weighted by atomic mass is 32.1. The number of halogens is 2. The minimum Gasteiger partial charge on any atom is -0.395 e. The first-order valence-electron chi connectivity index (χ1n) is 5.72. The summed E-state index contributed by atoms with van der Waals surface area (Å²) < 4.78 is 34.6. The number of benzene rings is 1. The van der Waals surface area contributed by atoms with Crippen LogP contribution in [0.5, 0.6) is 11.5 Å². The van der Waals surface area contributed by atoms with Crippen LogP contribution in [-0.2, 0) is 0 Å². The molecule has 0 unspecified atom stereocenters. The molecule has 9 heteroatoms. The standard InChI is InChI=1S/C12H8F2N4O2S/c13-12(14)19-7-2-1-6(5-8(7)20-12)18-11-9(10(15)21)16-3-4-17-11/h1-5H,(H2,15,21)(H,17,18). The number of nitrogens with zero attached hydrogens (tertiary/aromatic N) is 2. The third-order valence-corrected chi connectivity index (χ3v) is 2.79. The predicted octanol–water partition coefficient (Wildman–Crippen LogP) is 2.18. The van der Waals surface area contributed by atoms with Crippen molar-refractivity contribution in [3.05, 3.63) is 36.3 Å². The number of nitrogens with one attached hydrogen (secondary N) is 1. The van der Waals surface area contributed by atoms with Gasteiger partial charge in [0.15, 0.2) is 17.3 Å². The number of ether oxygens (including phenoxy) is 2. The van der Waals surface area contributed by atoms with Crippen LogP contribution in [-0.4, -0.2) is 21.3 Å². The van der Waals surface area contributed by atoms with E-state index in [2.05, 4.69) is 24.8 Å². The summed E-state index contributed by atoms with van der Waals surface area (Å²) in [6.45, 7) is 0. The Hall–Kier alpha value is -2.55. The van der Waals surface area contributed by atoms with Gasteiger partial charge in [-0.05, 0) is 12.1 Å². The van der Waals surface area contributed by atoms with Crippen LogP contribution in [0, 0.1) is 0 Å². The third-order valence-electron chi connectivity index (χ3n) is 2.60. The van der Waals surface area contributed by atoms with E-state index in [0.717, 1.165) is 0 Å². The lowest BCUT2D eigenvalue weighted by molar-refractivity contribution is -0.286. The van der Waals surface area contributed by atoms with Gasteiger partial charge in [-0.15, -0.1) is 8.78 Å². The molecule has 0 amide bonds. The van der Waals surface area contributed by atoms with E-state index in [0.29, 0.717) is 17.2 Å². The van der Waals surface area contributed by atoms with E-state index in [1.807, 2.05) is 0 Å². The van der Waals surface area contributed by atoms with Gasteiger partial charge in [0.2, 0.25) is 0 Å². The van der Waals surface area contributed by atoms with Crippen molar-refractivity contribution in [1.29, 1.82) is 0 Å². The van der Waals surface area contributed by atoms with E-state index in [1.165, 1.54) is 30.6 Å². The van der Waals surface area contributed by atoms with Crippen LogP contribution in [0.4, 0.5) is 20.3 Å². The van der Waals surface area contributed by atoms with Crippen LogP contribution in [0.15, 0.2) is 30.6 Å². The van der Waals surface area contributed by atoms with Crippen LogP contribution in [0.2, 0.25) is 0 Å². The summed E-state index contributed by atoms with van der Waals surface area (Å²) in [6.07, 6.45) is -0.761. The summed E-state index contributed by atoms with van der Waals surface area (Å²) in [5.41, 5.74) is 6.29. The molecule has 0 aliphatic carbocycles. The predicted molar refractivity (Wildman–Crippen MR) is 73.8 cm³/mol. The summed E-state index contributed by atoms with van der Waals surface area (Å²) in [6, 6.07) is 4.24. The van der Waals surface area contributed by atoms with Crippen LogP contribution in [0.1, 0.15) is 5.69 Å². The van der Waals surface area contributed by atoms with E-state index in [1.54, 1.807) is 0 Å². The number of aromatic nitrogens is 2. The van der Waals surface area contributed by atoms with Gasteiger partial charge in [0, 0.05) is 24.1 Å². The molecule has 0 saturated carbocycles. The molecule has 3 rings (SSSR count). The molecular weight excluding hydrogens is 302 g/mol. The quantitative estimate of drug-likeness (QED) is 0.841. The van der Waals surface area contributed by atoms with Crippen LogP contribution in [0.25, 0.3) is 0 Å². The number of hydrogen-bond acceptors (Lipinski definition) is 6. The average Bonchev–Trinajstić information content (AvgIpc) is 2.72. The third kappa shape index (κ3) is 2.68. The minimum atomic E-state index is -3.66. The molecule has 1 aromatic carbocycles. The van der Waals surface area contributed by atoms with Crippen molar-refractivity contribution in [2.45, 2.75) is 6.29 Å². The van der Waals surface area contributed by atoms with Gasteiger partial charge < -0.3 is 20.5 Å². The van der Waals surface area contributed by atoms with E-state index >= 15 is 0 Å². The van der Waals surface area contributed by atoms with Gasteiger partial charge in [-0.3, -0.25) is 0 Å². The van der Waals surface area contributed by atoms with E-state index < -0.39 is 6.29 Å². The topological polar surface area (TPSA) is 82.3 Å². The molecular formula is C12H8F2N4O2S. The van der Waals surface area contributed by atoms with Gasteiger partial charge in [-0.25, -0.2) is 9.97 Å². The van der Waals surface area contributed by atoms with Gasteiger partial charge in [0.25, 0.3) is 0 Å². The highest BCUT2D eigenvalue weighted by Gasteiger charge is 2.43. The van der Waals surface area contributed by atoms with Crippen molar-refractivity contribution in [1.82, 2.24) is 9.97 Å². The fourth-order valence-electron chi connectivity index (χ4n) is 1.77. The lowest BCUT2D eigenvalue weighted by atomic mass is 10.2. The summed E-state index contributed by atoms with van der Waals surface area (Å²) in [5, 5.41) is 2.89. The Morgan fingerprint density at radius 2 is 1.90 bits per heavy atom. The highest BCUT2D eigenvalue weighted by Crippen LogP contribution is 2.42. The second-order valence-corrected chi connectivity index (χ2v) is 4.51. The maximum atomic E-state index is 12.9. The number of anilines is 2. The van der Waals surface area contributed by atoms with Crippen LogP contribution < -0.4 is 20.5 Å². The summed E-state index contributed by atoms with van der Waals surface area (Å²) in [7, 11) is 0. The lowest BCUT2D eigenvalue weighted by Crippen LogP contribution is -2.25. The second kappa shape index (κ2) is 4.77. The van der Waals surface area contributed by atoms with E-state index in [9.17, 15) is 8.78 Å². The molecule has 1 aliphatic heterocycles. The highest BCUT2D eigenvalue weighted by molar-refractivity contribution is 7.80. The first-order chi connectivity index (χ1) is 9.94. The second-order valence-electron chi connectivity index (χ2n) is 4.07. The molecule has 0 radical (unpaired) electrons. The molecule has 0 saturated heterocycles. The molecule has 21 heavy (non-hydrogen) atoms. The van der Waals surface area contributed by atoms with E-state index in [4.69, 9.17) is 18.0 Å². The Bertz CT molecular complexity index is 726. The normalized spacial score (nSPS) is 14.8. The van der Waals surface area contributed by atoms with Crippen LogP contribution >= 0.6 is 12.2 Å². The number of fused-ring (bicyclic) bond motifs is 1. The number of hydrogen-bond donors (Lipinski definition) is 2. The zero-order valence-corrected chi connectivity index (χ0v) is 11.2. The average molecular weight is 310 g/mol. The van der Waals surface area contributed by atoms with Crippen molar-refractivity contribution in [3.8, 4) is 11.5 Å². The molecule has 1 aliphatic rings. The van der Waals surface area contributed by atoms with Crippen molar-refractivity contribution in [2.75, 3.05) is 5.32 Å². The molecule has 0 atom stereocenters. The van der Waals surface area contributed by atoms with Gasteiger partial charge in [0.1, 0.15) is 10.7 Å². The maximum absolute atomic E-state index is 12.9. The molecule has 2 aromatic rings. The Morgan fingerprint density at radius 1 is 1.19 bits per heavy atom. The fraction of sp³-hybridized carbons (Fsp3) is 0.0833. The van der Waals surface area contributed by atoms with Crippen molar-refractivity contribution in [2.24, 2.45) is 5.73 Å². The zero-order valence-electron chi connectivity index (χ0n) is 10.3. The molecule has 108 valence electrons. The molecule has 3 N–H and O–H groups in total. The van der Waals surface area contributed by atoms with Gasteiger partial charge in [0.05, 0.1) is 0 Å². The first kappa shape index (κ1) is 13.4. The monoisotopic (exact) mass is 310 g/mol. The van der Waals surface area contributed by atoms with E-state index in [-0.39, 0.29) is 16.5 Å². The zero-order chi connectivity index (χ0) is 15.0. The SMILES string of the molecule is NC(=S)c1nccnc1Nc1ccc2c(c1)OC(F)(F)O2. The molecule has 0 bridgehead atoms. The number of rotatable bonds is 3. The molecule has 6 nitrogen and oxygen atoms in total. The number of nitrogens with two attached hydrogens (primary N) is 1. The largest absolute Gasteiger partial charge is 0.586 e. The van der Waals surface area contributed by atoms with Gasteiger partial charge in [-0.1, -0.05) is 12.2 Å². The first-order valence-corrected chi connectivity index (χ1v) is 6.13. The van der Waals surface area contributed by atoms with Gasteiger partial charge >= 0.3 is 6.29 Å². The molecule has 0 fully saturated rings. The number of thiocarbonyl (C=S) groups is 1. The van der Waals surface area contributed by atoms with Crippen LogP contribution in [0.3, 0.4) is 0 Å². The number of alkyl halides is 2. The fourth-order valence-corrected chi connectivity index (χ4v) is 1.92. The Balaban J connectivity index is 1.89. The lowest BCUT2D eigenvalue weighted by Gasteiger charge is -2.09. The van der Waals surface area contributed by atoms with Crippen molar-refractivity contribution >= 4 is 28.7 Å². The smallest absolute Gasteiger partial charge is 0.395 e. The Morgan fingerprint density at radius 3 is 2.67 bits per heavy atom. The summed E-state index contributed by atoms with van der Waals surface area (Å²) >= 11 is 4.87. The minimum absolute atomic E-state index is 0.0423. The molecule has 0 spiro atoms. The van der Waals surface area contributed by atoms with Crippen molar-refractivity contribution in [3.63, 3.8) is 0 Å². The summed E-state index contributed by atoms with van der Waals surface area (Å²) in [5.74, 6) is 0.195. The summed E-state index contributed by atoms with van der Waals surface area (Å²) in [4.78, 5) is 8.13.